The molecule has 0 atom stereocenters. The standard InChI is InChI=1S/C14H13N7OS/c1-23-9-21-8-20-7-15-11(12(20)16-19-21)14-18-17-13(22-14)10-5-3-2-4-6-10/h2-7H,8-9H2,1H3. The van der Waals surface area contributed by atoms with Crippen molar-refractivity contribution in [3.63, 3.8) is 0 Å². The summed E-state index contributed by atoms with van der Waals surface area (Å²) in [4.78, 5) is 4.35. The molecule has 0 fully saturated rings. The van der Waals surface area contributed by atoms with Gasteiger partial charge in [-0.3, -0.25) is 4.57 Å². The molecule has 1 aliphatic heterocycles. The first-order chi connectivity index (χ1) is 11.3. The van der Waals surface area contributed by atoms with Crippen LogP contribution >= 0.6 is 11.8 Å². The summed E-state index contributed by atoms with van der Waals surface area (Å²) >= 11 is 1.68. The topological polar surface area (TPSA) is 84.7 Å². The Labute approximate surface area is 136 Å². The molecule has 3 heterocycles. The summed E-state index contributed by atoms with van der Waals surface area (Å²) in [5, 5.41) is 18.4. The van der Waals surface area contributed by atoms with Crippen LogP contribution in [0.1, 0.15) is 0 Å². The zero-order valence-corrected chi connectivity index (χ0v) is 13.1. The Morgan fingerprint density at radius 1 is 1.17 bits per heavy atom. The van der Waals surface area contributed by atoms with E-state index < -0.39 is 0 Å². The van der Waals surface area contributed by atoms with Crippen LogP contribution in [0.2, 0.25) is 0 Å². The smallest absolute Gasteiger partial charge is 0.270 e. The van der Waals surface area contributed by atoms with Gasteiger partial charge in [0.05, 0.1) is 12.2 Å². The number of hydrogen-bond donors (Lipinski definition) is 0. The molecule has 0 bridgehead atoms. The predicted octanol–water partition coefficient (Wildman–Crippen LogP) is 3.19. The second-order valence-corrected chi connectivity index (χ2v) is 5.76. The van der Waals surface area contributed by atoms with Crippen molar-refractivity contribution in [2.24, 2.45) is 10.3 Å². The maximum absolute atomic E-state index is 5.74. The van der Waals surface area contributed by atoms with E-state index in [1.807, 2.05) is 46.2 Å². The monoisotopic (exact) mass is 327 g/mol. The van der Waals surface area contributed by atoms with Gasteiger partial charge >= 0.3 is 0 Å². The van der Waals surface area contributed by atoms with Gasteiger partial charge in [0.1, 0.15) is 6.67 Å². The summed E-state index contributed by atoms with van der Waals surface area (Å²) in [7, 11) is 0. The lowest BCUT2D eigenvalue weighted by Crippen LogP contribution is -2.22. The minimum Gasteiger partial charge on any atom is -0.414 e. The van der Waals surface area contributed by atoms with Gasteiger partial charge in [-0.15, -0.1) is 27.1 Å². The number of fused-ring (bicyclic) bond motifs is 1. The van der Waals surface area contributed by atoms with Crippen LogP contribution in [0.15, 0.2) is 51.4 Å². The summed E-state index contributed by atoms with van der Waals surface area (Å²) in [5.41, 5.74) is 1.42. The van der Waals surface area contributed by atoms with E-state index in [1.54, 1.807) is 18.1 Å². The van der Waals surface area contributed by atoms with E-state index >= 15 is 0 Å². The van der Waals surface area contributed by atoms with Crippen molar-refractivity contribution in [3.8, 4) is 23.0 Å². The minimum atomic E-state index is 0.342. The molecule has 0 radical (unpaired) electrons. The number of benzene rings is 1. The van der Waals surface area contributed by atoms with Crippen LogP contribution in [-0.4, -0.2) is 36.9 Å². The fraction of sp³-hybridized carbons (Fsp3) is 0.214. The predicted molar refractivity (Wildman–Crippen MR) is 85.7 cm³/mol. The van der Waals surface area contributed by atoms with E-state index in [2.05, 4.69) is 25.5 Å². The fourth-order valence-corrected chi connectivity index (χ4v) is 2.71. The molecule has 23 heavy (non-hydrogen) atoms. The molecule has 2 aromatic heterocycles. The molecule has 116 valence electrons. The molecule has 1 aliphatic rings. The van der Waals surface area contributed by atoms with Crippen molar-refractivity contribution in [1.82, 2.24) is 24.8 Å². The largest absolute Gasteiger partial charge is 0.414 e. The summed E-state index contributed by atoms with van der Waals surface area (Å²) in [6.07, 6.45) is 3.73. The second kappa shape index (κ2) is 5.84. The molecule has 0 saturated carbocycles. The fourth-order valence-electron chi connectivity index (χ4n) is 2.28. The van der Waals surface area contributed by atoms with Crippen LogP contribution in [0.3, 0.4) is 0 Å². The van der Waals surface area contributed by atoms with Gasteiger partial charge in [0.2, 0.25) is 5.89 Å². The molecule has 9 heteroatoms. The van der Waals surface area contributed by atoms with E-state index in [0.717, 1.165) is 11.4 Å². The molecule has 0 spiro atoms. The van der Waals surface area contributed by atoms with Crippen LogP contribution in [0.5, 0.6) is 0 Å². The number of nitrogens with zero attached hydrogens (tertiary/aromatic N) is 7. The maximum Gasteiger partial charge on any atom is 0.270 e. The molecule has 0 amide bonds. The molecule has 0 aliphatic carbocycles. The van der Waals surface area contributed by atoms with Crippen molar-refractivity contribution in [3.05, 3.63) is 36.7 Å². The molecule has 0 N–H and O–H groups in total. The Balaban J connectivity index is 1.65. The molecule has 3 aromatic rings. The lowest BCUT2D eigenvalue weighted by atomic mass is 10.2. The Kier molecular flexibility index (Phi) is 3.54. The highest BCUT2D eigenvalue weighted by atomic mass is 32.2. The molecule has 8 nitrogen and oxygen atoms in total. The van der Waals surface area contributed by atoms with E-state index in [0.29, 0.717) is 30.0 Å². The molecule has 4 rings (SSSR count). The Morgan fingerprint density at radius 2 is 2.00 bits per heavy atom. The maximum atomic E-state index is 5.74. The molecular weight excluding hydrogens is 314 g/mol. The van der Waals surface area contributed by atoms with Gasteiger partial charge in [-0.1, -0.05) is 23.4 Å². The molecule has 1 aromatic carbocycles. The zero-order valence-electron chi connectivity index (χ0n) is 12.3. The lowest BCUT2D eigenvalue weighted by molar-refractivity contribution is 0.237. The quantitative estimate of drug-likeness (QED) is 0.731. The van der Waals surface area contributed by atoms with Crippen LogP contribution < -0.4 is 0 Å². The number of hydrogen-bond acceptors (Lipinski definition) is 8. The molecular formula is C14H13N7OS. The van der Waals surface area contributed by atoms with Gasteiger partial charge in [-0.25, -0.2) is 9.99 Å². The van der Waals surface area contributed by atoms with Crippen molar-refractivity contribution in [2.75, 3.05) is 12.1 Å². The first kappa shape index (κ1) is 13.9. The Bertz CT molecular complexity index is 842. The SMILES string of the molecule is CSCN1Cn2cnc(-c3nnc(-c4ccccc4)o3)c2N=N1. The van der Waals surface area contributed by atoms with Crippen LogP contribution in [0.4, 0.5) is 5.82 Å². The van der Waals surface area contributed by atoms with Gasteiger partial charge in [0.15, 0.2) is 11.5 Å². The average Bonchev–Trinajstić information content (AvgIpc) is 3.22. The van der Waals surface area contributed by atoms with Crippen LogP contribution in [0, 0.1) is 0 Å². The summed E-state index contributed by atoms with van der Waals surface area (Å²) in [6.45, 7) is 0.604. The molecule has 0 unspecified atom stereocenters. The Hall–Kier alpha value is -2.68. The highest BCUT2D eigenvalue weighted by Gasteiger charge is 2.22. The van der Waals surface area contributed by atoms with E-state index in [4.69, 9.17) is 4.42 Å². The number of rotatable bonds is 4. The lowest BCUT2D eigenvalue weighted by Gasteiger charge is -2.20. The molecule has 0 saturated heterocycles. The van der Waals surface area contributed by atoms with Gasteiger partial charge < -0.3 is 4.42 Å². The summed E-state index contributed by atoms with van der Waals surface area (Å²) in [6, 6.07) is 9.62. The van der Waals surface area contributed by atoms with Crippen molar-refractivity contribution in [2.45, 2.75) is 6.67 Å². The zero-order chi connectivity index (χ0) is 15.6. The van der Waals surface area contributed by atoms with E-state index in [-0.39, 0.29) is 0 Å². The number of aromatic nitrogens is 4. The van der Waals surface area contributed by atoms with Crippen molar-refractivity contribution >= 4 is 17.6 Å². The number of imidazole rings is 1. The third-order valence-corrected chi connectivity index (χ3v) is 3.87. The van der Waals surface area contributed by atoms with Gasteiger partial charge in [-0.05, 0) is 18.4 Å². The van der Waals surface area contributed by atoms with E-state index in [1.165, 1.54) is 0 Å². The third kappa shape index (κ3) is 2.59. The first-order valence-electron chi connectivity index (χ1n) is 6.95. The van der Waals surface area contributed by atoms with Gasteiger partial charge in [0.25, 0.3) is 5.89 Å². The minimum absolute atomic E-state index is 0.342. The van der Waals surface area contributed by atoms with Gasteiger partial charge in [-0.2, -0.15) is 0 Å². The Morgan fingerprint density at radius 3 is 2.83 bits per heavy atom. The normalized spacial score (nSPS) is 13.3. The first-order valence-corrected chi connectivity index (χ1v) is 8.34. The van der Waals surface area contributed by atoms with Crippen LogP contribution in [0.25, 0.3) is 23.0 Å². The average molecular weight is 327 g/mol. The van der Waals surface area contributed by atoms with E-state index in [9.17, 15) is 0 Å². The van der Waals surface area contributed by atoms with Gasteiger partial charge in [0, 0.05) is 5.56 Å². The summed E-state index contributed by atoms with van der Waals surface area (Å²) < 4.78 is 7.64. The highest BCUT2D eigenvalue weighted by molar-refractivity contribution is 7.98. The third-order valence-electron chi connectivity index (χ3n) is 3.32. The highest BCUT2D eigenvalue weighted by Crippen LogP contribution is 2.32. The van der Waals surface area contributed by atoms with Crippen molar-refractivity contribution in [1.29, 1.82) is 0 Å². The second-order valence-electron chi connectivity index (χ2n) is 4.92. The number of thioether (sulfide) groups is 1. The van der Waals surface area contributed by atoms with Crippen molar-refractivity contribution < 1.29 is 4.42 Å². The van der Waals surface area contributed by atoms with Crippen LogP contribution in [-0.2, 0) is 6.67 Å². The summed E-state index contributed by atoms with van der Waals surface area (Å²) in [5.74, 6) is 2.20.